The van der Waals surface area contributed by atoms with Crippen LogP contribution in [0, 0.1) is 5.92 Å². The Kier molecular flexibility index (Phi) is 3.70. The molecule has 1 aromatic rings. The van der Waals surface area contributed by atoms with E-state index < -0.39 is 63.9 Å². The monoisotopic (exact) mass is 376 g/mol. The number of fused-ring (bicyclic) bond motifs is 3. The molecule has 1 fully saturated rings. The quantitative estimate of drug-likeness (QED) is 0.341. The topological polar surface area (TPSA) is 156 Å². The minimum absolute atomic E-state index is 0.144. The first kappa shape index (κ1) is 18.3. The maximum Gasteiger partial charge on any atom is 0.193 e. The smallest absolute Gasteiger partial charge is 0.193 e. The summed E-state index contributed by atoms with van der Waals surface area (Å²) in [6.45, 7) is 1.64. The van der Waals surface area contributed by atoms with Crippen molar-refractivity contribution in [2.24, 2.45) is 5.92 Å². The number of phenolic OH excluding ortho intramolecular Hbond substituents is 1. The molecule has 0 radical (unpaired) electrons. The molecule has 0 aromatic heterocycles. The second-order valence-electron chi connectivity index (χ2n) is 7.76. The fourth-order valence-corrected chi connectivity index (χ4v) is 4.86. The molecule has 1 saturated carbocycles. The summed E-state index contributed by atoms with van der Waals surface area (Å²) >= 11 is 0. The van der Waals surface area contributed by atoms with Crippen LogP contribution in [0.3, 0.4) is 0 Å². The Hall–Kier alpha value is -2.10. The minimum atomic E-state index is -2.77. The molecule has 3 aliphatic rings. The molecule has 6 N–H and O–H groups in total. The predicted molar refractivity (Wildman–Crippen MR) is 89.7 cm³/mol. The second kappa shape index (κ2) is 5.46. The molecule has 0 bridgehead atoms. The van der Waals surface area contributed by atoms with E-state index in [4.69, 9.17) is 0 Å². The Labute approximate surface area is 154 Å². The van der Waals surface area contributed by atoms with Crippen LogP contribution >= 0.6 is 0 Å². The molecule has 8 nitrogen and oxygen atoms in total. The van der Waals surface area contributed by atoms with Crippen LogP contribution in [0.1, 0.15) is 41.8 Å². The number of rotatable bonds is 0. The number of hydrogen-bond acceptors (Lipinski definition) is 8. The lowest BCUT2D eigenvalue weighted by atomic mass is 9.54. The van der Waals surface area contributed by atoms with E-state index in [1.165, 1.54) is 18.2 Å². The van der Waals surface area contributed by atoms with Crippen LogP contribution in [-0.4, -0.2) is 65.6 Å². The van der Waals surface area contributed by atoms with E-state index in [0.717, 1.165) is 0 Å². The molecule has 1 aromatic carbocycles. The highest BCUT2D eigenvalue weighted by molar-refractivity contribution is 6.18. The largest absolute Gasteiger partial charge is 0.508 e. The molecule has 0 amide bonds. The summed E-state index contributed by atoms with van der Waals surface area (Å²) in [6, 6.07) is 3.91. The fourth-order valence-electron chi connectivity index (χ4n) is 4.86. The van der Waals surface area contributed by atoms with Gasteiger partial charge in [0.05, 0.1) is 0 Å². The summed E-state index contributed by atoms with van der Waals surface area (Å²) < 4.78 is 0. The van der Waals surface area contributed by atoms with Crippen molar-refractivity contribution in [2.75, 3.05) is 0 Å². The lowest BCUT2D eigenvalue weighted by Crippen LogP contribution is -2.75. The zero-order valence-electron chi connectivity index (χ0n) is 14.5. The molecule has 0 spiro atoms. The number of carbonyl (C=O) groups is 2. The second-order valence-corrected chi connectivity index (χ2v) is 7.76. The zero-order chi connectivity index (χ0) is 19.9. The Balaban J connectivity index is 2.05. The first-order valence-corrected chi connectivity index (χ1v) is 8.69. The average molecular weight is 376 g/mol. The van der Waals surface area contributed by atoms with Crippen LogP contribution < -0.4 is 0 Å². The van der Waals surface area contributed by atoms with Crippen LogP contribution in [0.5, 0.6) is 5.75 Å². The zero-order valence-corrected chi connectivity index (χ0v) is 14.5. The van der Waals surface area contributed by atoms with Crippen LogP contribution in [0.4, 0.5) is 0 Å². The lowest BCUT2D eigenvalue weighted by Gasteiger charge is -2.56. The minimum Gasteiger partial charge on any atom is -0.508 e. The molecule has 0 saturated heterocycles. The van der Waals surface area contributed by atoms with Gasteiger partial charge in [-0.15, -0.1) is 0 Å². The van der Waals surface area contributed by atoms with Crippen molar-refractivity contribution in [2.45, 2.75) is 49.3 Å². The van der Waals surface area contributed by atoms with E-state index in [9.17, 15) is 40.2 Å². The Bertz CT molecular complexity index is 905. The van der Waals surface area contributed by atoms with E-state index in [1.807, 2.05) is 0 Å². The summed E-state index contributed by atoms with van der Waals surface area (Å²) in [5, 5.41) is 64.3. The van der Waals surface area contributed by atoms with Gasteiger partial charge in [-0.1, -0.05) is 19.1 Å². The van der Waals surface area contributed by atoms with Gasteiger partial charge in [0.1, 0.15) is 29.7 Å². The van der Waals surface area contributed by atoms with Crippen LogP contribution in [0.2, 0.25) is 0 Å². The predicted octanol–water partition coefficient (Wildman–Crippen LogP) is -0.885. The number of phenols is 1. The van der Waals surface area contributed by atoms with Gasteiger partial charge < -0.3 is 30.6 Å². The van der Waals surface area contributed by atoms with E-state index in [1.54, 1.807) is 6.92 Å². The molecule has 6 atom stereocenters. The summed E-state index contributed by atoms with van der Waals surface area (Å²) in [6.07, 6.45) is -6.02. The van der Waals surface area contributed by atoms with Crippen molar-refractivity contribution in [1.29, 1.82) is 0 Å². The number of Topliss-reactive ketones (excluding diaryl/α,β-unsaturated/α-hetero) is 2. The van der Waals surface area contributed by atoms with Crippen molar-refractivity contribution in [1.82, 2.24) is 0 Å². The van der Waals surface area contributed by atoms with Crippen molar-refractivity contribution >= 4 is 11.6 Å². The van der Waals surface area contributed by atoms with Gasteiger partial charge in [-0.3, -0.25) is 9.59 Å². The van der Waals surface area contributed by atoms with Gasteiger partial charge in [-0.05, 0) is 18.4 Å². The van der Waals surface area contributed by atoms with Crippen molar-refractivity contribution < 1.29 is 40.2 Å². The number of aliphatic hydroxyl groups excluding tert-OH is 3. The van der Waals surface area contributed by atoms with Crippen molar-refractivity contribution in [3.63, 3.8) is 0 Å². The maximum absolute atomic E-state index is 13.1. The number of carbonyl (C=O) groups excluding carboxylic acids is 2. The van der Waals surface area contributed by atoms with Gasteiger partial charge >= 0.3 is 0 Å². The van der Waals surface area contributed by atoms with Gasteiger partial charge in [-0.2, -0.15) is 0 Å². The highest BCUT2D eigenvalue weighted by atomic mass is 16.4. The highest BCUT2D eigenvalue weighted by Crippen LogP contribution is 2.55. The molecule has 3 aliphatic carbocycles. The average Bonchev–Trinajstić information content (AvgIpc) is 2.60. The SMILES string of the molecule is C[C@H]1CC(=O)[C@@]2(O)C3=C([C@H](O)c4c(O)cccc4C3=O)[C@H](O)[C@H](O)[C@]2(O)C1. The molecule has 0 unspecified atom stereocenters. The van der Waals surface area contributed by atoms with E-state index in [-0.39, 0.29) is 24.0 Å². The number of benzene rings is 1. The molecule has 8 heteroatoms. The normalized spacial score (nSPS) is 41.1. The molecule has 27 heavy (non-hydrogen) atoms. The third-order valence-electron chi connectivity index (χ3n) is 6.10. The van der Waals surface area contributed by atoms with Crippen LogP contribution in [0.15, 0.2) is 29.3 Å². The summed E-state index contributed by atoms with van der Waals surface area (Å²) in [7, 11) is 0. The van der Waals surface area contributed by atoms with Gasteiger partial charge in [0.2, 0.25) is 0 Å². The molecular formula is C19H20O8. The first-order chi connectivity index (χ1) is 12.6. The summed E-state index contributed by atoms with van der Waals surface area (Å²) in [5.74, 6) is -2.56. The van der Waals surface area contributed by atoms with Gasteiger partial charge in [0.25, 0.3) is 0 Å². The van der Waals surface area contributed by atoms with Gasteiger partial charge in [-0.25, -0.2) is 0 Å². The Morgan fingerprint density at radius 1 is 1.11 bits per heavy atom. The van der Waals surface area contributed by atoms with Crippen LogP contribution in [-0.2, 0) is 4.79 Å². The Morgan fingerprint density at radius 3 is 2.44 bits per heavy atom. The molecular weight excluding hydrogens is 356 g/mol. The van der Waals surface area contributed by atoms with Crippen molar-refractivity contribution in [3.05, 3.63) is 40.5 Å². The Morgan fingerprint density at radius 2 is 1.78 bits per heavy atom. The standard InChI is InChI=1S/C19H20O8/c1-7-5-10(21)19(27)13-12(16(24)17(25)18(19,26)6-7)15(23)11-8(14(13)22)3-2-4-9(11)20/h2-4,7,15-17,20,23-27H,5-6H2,1H3/t7-,15+,16-,17-,18+,19+/m0/s1. The number of ketones is 2. The highest BCUT2D eigenvalue weighted by Gasteiger charge is 2.70. The number of aromatic hydroxyl groups is 1. The van der Waals surface area contributed by atoms with Crippen LogP contribution in [0.25, 0.3) is 0 Å². The van der Waals surface area contributed by atoms with E-state index in [2.05, 4.69) is 0 Å². The lowest BCUT2D eigenvalue weighted by molar-refractivity contribution is -0.229. The third-order valence-corrected chi connectivity index (χ3v) is 6.10. The molecule has 0 aliphatic heterocycles. The summed E-state index contributed by atoms with van der Waals surface area (Å²) in [4.78, 5) is 25.9. The maximum atomic E-state index is 13.1. The fraction of sp³-hybridized carbons (Fsp3) is 0.474. The first-order valence-electron chi connectivity index (χ1n) is 8.69. The number of hydrogen-bond donors (Lipinski definition) is 6. The molecule has 0 heterocycles. The number of aliphatic hydroxyl groups is 5. The molecule has 4 rings (SSSR count). The molecule has 144 valence electrons. The van der Waals surface area contributed by atoms with E-state index in [0.29, 0.717) is 0 Å². The summed E-state index contributed by atoms with van der Waals surface area (Å²) in [5.41, 5.74) is -6.68. The van der Waals surface area contributed by atoms with Gasteiger partial charge in [0.15, 0.2) is 17.2 Å². The van der Waals surface area contributed by atoms with E-state index >= 15 is 0 Å². The van der Waals surface area contributed by atoms with Crippen molar-refractivity contribution in [3.8, 4) is 5.75 Å². The third kappa shape index (κ3) is 1.99. The van der Waals surface area contributed by atoms with Gasteiger partial charge in [0, 0.05) is 28.7 Å².